The Morgan fingerprint density at radius 1 is 1.03 bits per heavy atom. The minimum atomic E-state index is -4.97. The molecule has 4 nitrogen and oxygen atoms in total. The smallest absolute Gasteiger partial charge is 0.404 e. The van der Waals surface area contributed by atoms with Crippen molar-refractivity contribution in [3.63, 3.8) is 0 Å². The van der Waals surface area contributed by atoms with E-state index in [1.807, 2.05) is 0 Å². The SMILES string of the molecule is O=C(CCC1CC(S(=O)(=O)c2cccc(C(F)(F)F)c2)C1)c1ccc(Cl)c(OC(F)(F)F)c1. The third-order valence-corrected chi connectivity index (χ3v) is 7.87. The summed E-state index contributed by atoms with van der Waals surface area (Å²) in [7, 11) is -3.96. The number of ketones is 1. The molecule has 180 valence electrons. The van der Waals surface area contributed by atoms with Crippen LogP contribution in [-0.4, -0.2) is 25.8 Å². The van der Waals surface area contributed by atoms with Gasteiger partial charge in [-0.1, -0.05) is 17.7 Å². The highest BCUT2D eigenvalue weighted by Crippen LogP contribution is 2.40. The van der Waals surface area contributed by atoms with E-state index in [1.165, 1.54) is 6.07 Å². The van der Waals surface area contributed by atoms with E-state index in [-0.39, 0.29) is 42.2 Å². The first-order chi connectivity index (χ1) is 15.2. The molecule has 2 aromatic rings. The van der Waals surface area contributed by atoms with Gasteiger partial charge in [0.2, 0.25) is 0 Å². The first kappa shape index (κ1) is 25.4. The molecule has 2 aromatic carbocycles. The van der Waals surface area contributed by atoms with Crippen molar-refractivity contribution in [1.82, 2.24) is 0 Å². The van der Waals surface area contributed by atoms with E-state index >= 15 is 0 Å². The third-order valence-electron chi connectivity index (χ3n) is 5.38. The normalized spacial score (nSPS) is 19.1. The van der Waals surface area contributed by atoms with Crippen LogP contribution in [0, 0.1) is 5.92 Å². The Bertz CT molecular complexity index is 1140. The lowest BCUT2D eigenvalue weighted by Gasteiger charge is -2.34. The van der Waals surface area contributed by atoms with Crippen molar-refractivity contribution in [3.8, 4) is 5.75 Å². The summed E-state index contributed by atoms with van der Waals surface area (Å²) in [6.07, 6.45) is -9.05. The topological polar surface area (TPSA) is 60.4 Å². The predicted octanol–water partition coefficient (Wildman–Crippen LogP) is 6.47. The molecule has 0 aliphatic heterocycles. The second-order valence-corrected chi connectivity index (χ2v) is 10.3. The summed E-state index contributed by atoms with van der Waals surface area (Å²) in [5, 5.41) is -1.17. The lowest BCUT2D eigenvalue weighted by atomic mass is 9.80. The van der Waals surface area contributed by atoms with Gasteiger partial charge in [-0.05, 0) is 61.6 Å². The Morgan fingerprint density at radius 2 is 1.70 bits per heavy atom. The van der Waals surface area contributed by atoms with Gasteiger partial charge in [-0.15, -0.1) is 13.2 Å². The molecule has 0 aromatic heterocycles. The molecule has 0 saturated heterocycles. The van der Waals surface area contributed by atoms with Crippen molar-refractivity contribution in [2.24, 2.45) is 5.92 Å². The largest absolute Gasteiger partial charge is 0.573 e. The van der Waals surface area contributed by atoms with Gasteiger partial charge in [-0.25, -0.2) is 8.42 Å². The number of rotatable bonds is 7. The van der Waals surface area contributed by atoms with E-state index in [4.69, 9.17) is 11.6 Å². The first-order valence-electron chi connectivity index (χ1n) is 9.66. The summed E-state index contributed by atoms with van der Waals surface area (Å²) in [4.78, 5) is 11.9. The molecule has 3 rings (SSSR count). The Labute approximate surface area is 190 Å². The molecule has 12 heteroatoms. The molecular formula is C21H17ClF6O4S. The lowest BCUT2D eigenvalue weighted by Crippen LogP contribution is -2.36. The summed E-state index contributed by atoms with van der Waals surface area (Å²) in [5.74, 6) is -1.33. The number of ether oxygens (including phenoxy) is 1. The zero-order chi connectivity index (χ0) is 24.6. The fraction of sp³-hybridized carbons (Fsp3) is 0.381. The second kappa shape index (κ2) is 9.17. The summed E-state index contributed by atoms with van der Waals surface area (Å²) in [6, 6.07) is 6.80. The molecule has 0 atom stereocenters. The maximum Gasteiger partial charge on any atom is 0.573 e. The zero-order valence-electron chi connectivity index (χ0n) is 16.7. The van der Waals surface area contributed by atoms with Crippen LogP contribution in [0.15, 0.2) is 47.4 Å². The lowest BCUT2D eigenvalue weighted by molar-refractivity contribution is -0.274. The minimum Gasteiger partial charge on any atom is -0.404 e. The van der Waals surface area contributed by atoms with Gasteiger partial charge in [-0.3, -0.25) is 4.79 Å². The van der Waals surface area contributed by atoms with E-state index in [0.29, 0.717) is 6.07 Å². The van der Waals surface area contributed by atoms with Gasteiger partial charge in [0.1, 0.15) is 5.75 Å². The molecule has 1 fully saturated rings. The van der Waals surface area contributed by atoms with Gasteiger partial charge in [0, 0.05) is 12.0 Å². The average molecular weight is 515 g/mol. The second-order valence-electron chi connectivity index (χ2n) is 7.68. The molecule has 0 N–H and O–H groups in total. The minimum absolute atomic E-state index is 0.0360. The molecule has 0 unspecified atom stereocenters. The molecule has 1 saturated carbocycles. The highest BCUT2D eigenvalue weighted by atomic mass is 35.5. The van der Waals surface area contributed by atoms with Gasteiger partial charge in [0.05, 0.1) is 20.7 Å². The molecule has 0 spiro atoms. The Morgan fingerprint density at radius 3 is 2.30 bits per heavy atom. The van der Waals surface area contributed by atoms with E-state index in [0.717, 1.165) is 30.3 Å². The highest BCUT2D eigenvalue weighted by molar-refractivity contribution is 7.92. The summed E-state index contributed by atoms with van der Waals surface area (Å²) >= 11 is 5.65. The van der Waals surface area contributed by atoms with Crippen molar-refractivity contribution in [2.75, 3.05) is 0 Å². The van der Waals surface area contributed by atoms with Gasteiger partial charge in [-0.2, -0.15) is 13.2 Å². The molecule has 0 amide bonds. The third kappa shape index (κ3) is 6.20. The van der Waals surface area contributed by atoms with Crippen LogP contribution in [0.1, 0.15) is 41.6 Å². The Hall–Kier alpha value is -2.27. The number of hydrogen-bond acceptors (Lipinski definition) is 4. The molecule has 0 bridgehead atoms. The van der Waals surface area contributed by atoms with Gasteiger partial charge in [0.25, 0.3) is 0 Å². The van der Waals surface area contributed by atoms with Crippen LogP contribution < -0.4 is 4.74 Å². The molecule has 0 heterocycles. The number of alkyl halides is 6. The number of carbonyl (C=O) groups excluding carboxylic acids is 1. The van der Waals surface area contributed by atoms with Crippen LogP contribution in [0.2, 0.25) is 5.02 Å². The first-order valence-corrected chi connectivity index (χ1v) is 11.6. The number of benzene rings is 2. The van der Waals surface area contributed by atoms with Gasteiger partial charge in [0.15, 0.2) is 15.6 Å². The highest BCUT2D eigenvalue weighted by Gasteiger charge is 2.40. The zero-order valence-corrected chi connectivity index (χ0v) is 18.3. The molecular weight excluding hydrogens is 498 g/mol. The summed E-state index contributed by atoms with van der Waals surface area (Å²) in [6.45, 7) is 0. The molecule has 0 radical (unpaired) electrons. The quantitative estimate of drug-likeness (QED) is 0.314. The summed E-state index contributed by atoms with van der Waals surface area (Å²) in [5.41, 5.74) is -1.09. The number of hydrogen-bond donors (Lipinski definition) is 0. The van der Waals surface area contributed by atoms with Crippen LogP contribution in [0.4, 0.5) is 26.3 Å². The van der Waals surface area contributed by atoms with E-state index in [2.05, 4.69) is 4.74 Å². The average Bonchev–Trinajstić information content (AvgIpc) is 2.66. The number of halogens is 7. The fourth-order valence-electron chi connectivity index (χ4n) is 3.56. The van der Waals surface area contributed by atoms with Gasteiger partial charge < -0.3 is 4.74 Å². The van der Waals surface area contributed by atoms with Crippen LogP contribution in [0.3, 0.4) is 0 Å². The number of sulfone groups is 1. The van der Waals surface area contributed by atoms with Crippen LogP contribution >= 0.6 is 11.6 Å². The van der Waals surface area contributed by atoms with Crippen LogP contribution in [0.5, 0.6) is 5.75 Å². The monoisotopic (exact) mass is 514 g/mol. The fourth-order valence-corrected chi connectivity index (χ4v) is 5.72. The number of Topliss-reactive ketones (excluding diaryl/α,β-unsaturated/α-hetero) is 1. The Kier molecular flexibility index (Phi) is 7.05. The van der Waals surface area contributed by atoms with Crippen molar-refractivity contribution in [3.05, 3.63) is 58.6 Å². The van der Waals surface area contributed by atoms with Crippen LogP contribution in [-0.2, 0) is 16.0 Å². The maximum atomic E-state index is 12.9. The van der Waals surface area contributed by atoms with E-state index < -0.39 is 49.6 Å². The number of carbonyl (C=O) groups is 1. The van der Waals surface area contributed by atoms with Gasteiger partial charge >= 0.3 is 12.5 Å². The van der Waals surface area contributed by atoms with E-state index in [9.17, 15) is 39.6 Å². The maximum absolute atomic E-state index is 12.9. The molecule has 33 heavy (non-hydrogen) atoms. The standard InChI is InChI=1S/C21H17ClF6O4S/c22-17-6-5-13(10-19(17)32-21(26,27)28)18(29)7-4-12-8-16(9-12)33(30,31)15-3-1-2-14(11-15)20(23,24)25/h1-3,5-6,10-12,16H,4,7-9H2. The Balaban J connectivity index is 1.58. The molecule has 1 aliphatic carbocycles. The van der Waals surface area contributed by atoms with Crippen LogP contribution in [0.25, 0.3) is 0 Å². The van der Waals surface area contributed by atoms with Crippen molar-refractivity contribution in [1.29, 1.82) is 0 Å². The van der Waals surface area contributed by atoms with Crippen molar-refractivity contribution in [2.45, 2.75) is 48.4 Å². The van der Waals surface area contributed by atoms with Crippen molar-refractivity contribution >= 4 is 27.2 Å². The predicted molar refractivity (Wildman–Crippen MR) is 107 cm³/mol. The molecule has 1 aliphatic rings. The van der Waals surface area contributed by atoms with Crippen molar-refractivity contribution < 1.29 is 44.3 Å². The summed E-state index contributed by atoms with van der Waals surface area (Å²) < 4.78 is 105. The van der Waals surface area contributed by atoms with E-state index in [1.54, 1.807) is 0 Å².